The van der Waals surface area contributed by atoms with E-state index in [1.54, 1.807) is 6.07 Å². The summed E-state index contributed by atoms with van der Waals surface area (Å²) in [4.78, 5) is 16.7. The summed E-state index contributed by atoms with van der Waals surface area (Å²) in [6.45, 7) is 3.65. The first-order valence-electron chi connectivity index (χ1n) is 6.46. The zero-order valence-electron chi connectivity index (χ0n) is 11.7. The average Bonchev–Trinajstić information content (AvgIpc) is 2.78. The molecule has 106 valence electrons. The van der Waals surface area contributed by atoms with Crippen LogP contribution in [0, 0.1) is 13.8 Å². The van der Waals surface area contributed by atoms with Gasteiger partial charge in [0.1, 0.15) is 5.82 Å². The summed E-state index contributed by atoms with van der Waals surface area (Å²) in [6, 6.07) is 8.89. The van der Waals surface area contributed by atoms with Crippen LogP contribution in [-0.2, 0) is 0 Å². The molecule has 2 aromatic heterocycles. The summed E-state index contributed by atoms with van der Waals surface area (Å²) in [5.74, 6) is 0.334. The van der Waals surface area contributed by atoms with Gasteiger partial charge in [-0.2, -0.15) is 0 Å². The smallest absolute Gasteiger partial charge is 0.258 e. The minimum Gasteiger partial charge on any atom is -0.384 e. The first kappa shape index (κ1) is 13.1. The molecule has 3 rings (SSSR count). The molecule has 2 heterocycles. The second-order valence-corrected chi connectivity index (χ2v) is 4.79. The second-order valence-electron chi connectivity index (χ2n) is 4.79. The van der Waals surface area contributed by atoms with Gasteiger partial charge in [-0.15, -0.1) is 0 Å². The van der Waals surface area contributed by atoms with E-state index in [2.05, 4.69) is 15.5 Å². The number of aromatic nitrogens is 2. The van der Waals surface area contributed by atoms with Gasteiger partial charge >= 0.3 is 0 Å². The molecule has 0 saturated heterocycles. The van der Waals surface area contributed by atoms with Crippen LogP contribution in [0.5, 0.6) is 0 Å². The molecule has 0 bridgehead atoms. The lowest BCUT2D eigenvalue weighted by Gasteiger charge is -2.07. The van der Waals surface area contributed by atoms with E-state index in [1.165, 1.54) is 0 Å². The largest absolute Gasteiger partial charge is 0.384 e. The van der Waals surface area contributed by atoms with Gasteiger partial charge in [0.05, 0.1) is 16.8 Å². The van der Waals surface area contributed by atoms with Crippen molar-refractivity contribution in [3.05, 3.63) is 47.2 Å². The third kappa shape index (κ3) is 2.31. The van der Waals surface area contributed by atoms with Crippen LogP contribution in [0.25, 0.3) is 10.9 Å². The monoisotopic (exact) mass is 282 g/mol. The van der Waals surface area contributed by atoms with Crippen molar-refractivity contribution >= 4 is 28.5 Å². The third-order valence-electron chi connectivity index (χ3n) is 3.36. The van der Waals surface area contributed by atoms with Crippen molar-refractivity contribution in [2.45, 2.75) is 13.8 Å². The summed E-state index contributed by atoms with van der Waals surface area (Å²) in [6.07, 6.45) is 0. The van der Waals surface area contributed by atoms with Crippen molar-refractivity contribution in [1.29, 1.82) is 0 Å². The normalized spacial score (nSPS) is 10.8. The van der Waals surface area contributed by atoms with Crippen molar-refractivity contribution in [3.63, 3.8) is 0 Å². The molecular weight excluding hydrogens is 268 g/mol. The Labute approximate surface area is 121 Å². The van der Waals surface area contributed by atoms with E-state index in [0.29, 0.717) is 22.8 Å². The van der Waals surface area contributed by atoms with Crippen molar-refractivity contribution in [3.8, 4) is 0 Å². The number of carbonyl (C=O) groups excluding carboxylic acids is 1. The fraction of sp³-hybridized carbons (Fsp3) is 0.133. The van der Waals surface area contributed by atoms with Crippen LogP contribution in [0.3, 0.4) is 0 Å². The quantitative estimate of drug-likeness (QED) is 0.753. The van der Waals surface area contributed by atoms with Gasteiger partial charge in [0, 0.05) is 10.9 Å². The number of amides is 1. The molecular formula is C15H14N4O2. The number of nitrogens with one attached hydrogen (secondary N) is 1. The lowest BCUT2D eigenvalue weighted by Crippen LogP contribution is -2.13. The van der Waals surface area contributed by atoms with Gasteiger partial charge in [-0.25, -0.2) is 4.98 Å². The minimum absolute atomic E-state index is 0.296. The Morgan fingerprint density at radius 1 is 1.29 bits per heavy atom. The van der Waals surface area contributed by atoms with Gasteiger partial charge < -0.3 is 10.3 Å². The maximum atomic E-state index is 12.5. The number of nitrogen functional groups attached to an aromatic ring is 1. The number of fused-ring (bicyclic) bond motifs is 1. The molecule has 3 aromatic rings. The Bertz CT molecular complexity index is 839. The molecule has 6 nitrogen and oxygen atoms in total. The molecule has 1 aromatic carbocycles. The first-order chi connectivity index (χ1) is 10.1. The van der Waals surface area contributed by atoms with E-state index < -0.39 is 0 Å². The van der Waals surface area contributed by atoms with E-state index >= 15 is 0 Å². The van der Waals surface area contributed by atoms with Gasteiger partial charge in [-0.05, 0) is 26.0 Å². The number of carbonyl (C=O) groups is 1. The summed E-state index contributed by atoms with van der Waals surface area (Å²) in [5, 5.41) is 7.27. The van der Waals surface area contributed by atoms with Gasteiger partial charge in [0.25, 0.3) is 5.91 Å². The molecule has 0 spiro atoms. The van der Waals surface area contributed by atoms with Gasteiger partial charge in [-0.1, -0.05) is 23.4 Å². The highest BCUT2D eigenvalue weighted by Crippen LogP contribution is 2.22. The van der Waals surface area contributed by atoms with Gasteiger partial charge in [-0.3, -0.25) is 10.1 Å². The van der Waals surface area contributed by atoms with Crippen LogP contribution >= 0.6 is 0 Å². The number of anilines is 2. The zero-order chi connectivity index (χ0) is 15.0. The fourth-order valence-corrected chi connectivity index (χ4v) is 2.09. The van der Waals surface area contributed by atoms with Crippen LogP contribution in [0.1, 0.15) is 21.6 Å². The molecule has 0 fully saturated rings. The highest BCUT2D eigenvalue weighted by Gasteiger charge is 2.16. The number of nitrogens with two attached hydrogens (primary N) is 1. The summed E-state index contributed by atoms with van der Waals surface area (Å²) >= 11 is 0. The highest BCUT2D eigenvalue weighted by molar-refractivity contribution is 6.12. The van der Waals surface area contributed by atoms with Crippen LogP contribution in [-0.4, -0.2) is 16.0 Å². The van der Waals surface area contributed by atoms with Crippen molar-refractivity contribution in [2.24, 2.45) is 0 Å². The lowest BCUT2D eigenvalue weighted by atomic mass is 10.1. The standard InChI is InChI=1S/C15H14N4O2/c1-8-9(2)19-21-15(8)18-14(20)11-7-13(16)17-12-6-4-3-5-10(11)12/h3-7H,1-2H3,(H2,16,17)(H,18,20). The summed E-state index contributed by atoms with van der Waals surface area (Å²) in [5.41, 5.74) is 8.43. The number of aryl methyl sites for hydroxylation is 1. The van der Waals surface area contributed by atoms with Crippen LogP contribution < -0.4 is 11.1 Å². The Kier molecular flexibility index (Phi) is 3.06. The van der Waals surface area contributed by atoms with Crippen LogP contribution in [0.4, 0.5) is 11.7 Å². The van der Waals surface area contributed by atoms with E-state index in [-0.39, 0.29) is 5.91 Å². The SMILES string of the molecule is Cc1noc(NC(=O)c2cc(N)nc3ccccc23)c1C. The van der Waals surface area contributed by atoms with Gasteiger partial charge in [0.15, 0.2) is 0 Å². The van der Waals surface area contributed by atoms with Crippen molar-refractivity contribution in [1.82, 2.24) is 10.1 Å². The number of hydrogen-bond donors (Lipinski definition) is 2. The zero-order valence-corrected chi connectivity index (χ0v) is 11.7. The van der Waals surface area contributed by atoms with E-state index in [4.69, 9.17) is 10.3 Å². The Balaban J connectivity index is 2.04. The Morgan fingerprint density at radius 3 is 2.76 bits per heavy atom. The molecule has 0 atom stereocenters. The van der Waals surface area contributed by atoms with E-state index in [0.717, 1.165) is 16.6 Å². The Hall–Kier alpha value is -2.89. The van der Waals surface area contributed by atoms with Crippen LogP contribution in [0.15, 0.2) is 34.9 Å². The van der Waals surface area contributed by atoms with Gasteiger partial charge in [0.2, 0.25) is 5.88 Å². The number of benzene rings is 1. The van der Waals surface area contributed by atoms with Crippen molar-refractivity contribution in [2.75, 3.05) is 11.1 Å². The first-order valence-corrected chi connectivity index (χ1v) is 6.46. The topological polar surface area (TPSA) is 94.0 Å². The van der Waals surface area contributed by atoms with Crippen LogP contribution in [0.2, 0.25) is 0 Å². The molecule has 0 radical (unpaired) electrons. The maximum Gasteiger partial charge on any atom is 0.258 e. The Morgan fingerprint density at radius 2 is 2.05 bits per heavy atom. The lowest BCUT2D eigenvalue weighted by molar-refractivity contribution is 0.102. The predicted octanol–water partition coefficient (Wildman–Crippen LogP) is 2.67. The highest BCUT2D eigenvalue weighted by atomic mass is 16.5. The number of para-hydroxylation sites is 1. The number of hydrogen-bond acceptors (Lipinski definition) is 5. The molecule has 0 aliphatic carbocycles. The fourth-order valence-electron chi connectivity index (χ4n) is 2.09. The van der Waals surface area contributed by atoms with E-state index in [1.807, 2.05) is 38.1 Å². The number of rotatable bonds is 2. The number of nitrogens with zero attached hydrogens (tertiary/aromatic N) is 2. The third-order valence-corrected chi connectivity index (χ3v) is 3.36. The molecule has 6 heteroatoms. The second kappa shape index (κ2) is 4.90. The molecule has 0 unspecified atom stereocenters. The molecule has 1 amide bonds. The number of pyridine rings is 1. The molecule has 0 aliphatic heterocycles. The molecule has 21 heavy (non-hydrogen) atoms. The maximum absolute atomic E-state index is 12.5. The summed E-state index contributed by atoms with van der Waals surface area (Å²) < 4.78 is 5.10. The predicted molar refractivity (Wildman–Crippen MR) is 80.1 cm³/mol. The minimum atomic E-state index is -0.306. The molecule has 3 N–H and O–H groups in total. The van der Waals surface area contributed by atoms with E-state index in [9.17, 15) is 4.79 Å². The van der Waals surface area contributed by atoms with Crippen molar-refractivity contribution < 1.29 is 9.32 Å². The summed E-state index contributed by atoms with van der Waals surface area (Å²) in [7, 11) is 0. The molecule has 0 aliphatic rings. The molecule has 0 saturated carbocycles. The average molecular weight is 282 g/mol.